The number of carbonyl (C=O) groups is 2. The summed E-state index contributed by atoms with van der Waals surface area (Å²) >= 11 is 0. The Morgan fingerprint density at radius 1 is 0.741 bits per heavy atom. The van der Waals surface area contributed by atoms with Crippen LogP contribution in [0.5, 0.6) is 0 Å². The maximum Gasteiger partial charge on any atom is 0.314 e. The number of ether oxygens (including phenoxy) is 5. The molecule has 14 nitrogen and oxygen atoms in total. The molecule has 0 aromatic carbocycles. The summed E-state index contributed by atoms with van der Waals surface area (Å²) in [5.41, 5.74) is -1.47. The van der Waals surface area contributed by atoms with Crippen molar-refractivity contribution in [3.63, 3.8) is 0 Å². The molecule has 2 aliphatic heterocycles. The van der Waals surface area contributed by atoms with Crippen LogP contribution in [-0.2, 0) is 33.3 Å². The number of hydrogen-bond donors (Lipinski definition) is 7. The minimum Gasteiger partial charge on any atom is -0.457 e. The summed E-state index contributed by atoms with van der Waals surface area (Å²) < 4.78 is 28.9. The molecule has 0 radical (unpaired) electrons. The highest BCUT2D eigenvalue weighted by Crippen LogP contribution is 2.75. The monoisotopic (exact) mass is 822 g/mol. The SMILES string of the molecule is CC(=O)O[C@@H]1[C@@H](O)[C@@H](O)[C@H](OC[C@]2(C)[C@@H](O)C[C@H](O)[C@]3(C)[C@H]4CC=C5[C@@H]6C[C@](C)(C(=O)O[C@@H]7O[C@@H](C)[C@H](O)[C@@H](O)[C@H]7O)CC[C@]6(C)CC[C@@]5(C)[C@]4(C)CC[C@@H]23)O[C@H]1C. The number of rotatable bonds is 6. The van der Waals surface area contributed by atoms with Gasteiger partial charge in [0, 0.05) is 24.2 Å². The second-order valence-electron chi connectivity index (χ2n) is 21.1. The van der Waals surface area contributed by atoms with Crippen molar-refractivity contribution < 1.29 is 69.0 Å². The highest BCUT2D eigenvalue weighted by molar-refractivity contribution is 5.77. The van der Waals surface area contributed by atoms with Crippen molar-refractivity contribution >= 4 is 11.9 Å². The molecule has 2 saturated heterocycles. The van der Waals surface area contributed by atoms with Gasteiger partial charge in [-0.2, -0.15) is 0 Å². The summed E-state index contributed by atoms with van der Waals surface area (Å²) in [7, 11) is 0. The van der Waals surface area contributed by atoms with Crippen molar-refractivity contribution in [2.24, 2.45) is 50.2 Å². The molecule has 21 atom stereocenters. The zero-order valence-corrected chi connectivity index (χ0v) is 35.8. The molecule has 7 rings (SSSR count). The molecule has 5 aliphatic carbocycles. The van der Waals surface area contributed by atoms with Crippen molar-refractivity contribution in [1.82, 2.24) is 0 Å². The van der Waals surface area contributed by atoms with Gasteiger partial charge in [0.2, 0.25) is 6.29 Å². The third-order valence-electron chi connectivity index (χ3n) is 17.9. The molecule has 330 valence electrons. The number of allylic oxidation sites excluding steroid dienone is 2. The van der Waals surface area contributed by atoms with Gasteiger partial charge in [0.05, 0.1) is 36.4 Å². The van der Waals surface area contributed by atoms with E-state index in [-0.39, 0.29) is 47.0 Å². The summed E-state index contributed by atoms with van der Waals surface area (Å²) in [6.07, 6.45) is -5.47. The van der Waals surface area contributed by atoms with E-state index in [9.17, 15) is 45.3 Å². The van der Waals surface area contributed by atoms with E-state index >= 15 is 0 Å². The number of esters is 2. The van der Waals surface area contributed by atoms with Crippen LogP contribution in [-0.4, -0.2) is 128 Å². The Labute approximate surface area is 342 Å². The second kappa shape index (κ2) is 15.0. The summed E-state index contributed by atoms with van der Waals surface area (Å²) in [4.78, 5) is 25.7. The van der Waals surface area contributed by atoms with E-state index in [0.717, 1.165) is 38.5 Å². The fourth-order valence-corrected chi connectivity index (χ4v) is 13.6. The van der Waals surface area contributed by atoms with Gasteiger partial charge in [-0.3, -0.25) is 9.59 Å². The summed E-state index contributed by atoms with van der Waals surface area (Å²) in [6, 6.07) is 0. The molecular weight excluding hydrogens is 752 g/mol. The Morgan fingerprint density at radius 2 is 1.38 bits per heavy atom. The number of aliphatic hydroxyl groups is 7. The average molecular weight is 823 g/mol. The molecule has 0 aromatic heterocycles. The molecular formula is C44H70O14. The maximum atomic E-state index is 14.0. The molecule has 0 aromatic rings. The van der Waals surface area contributed by atoms with Crippen molar-refractivity contribution in [3.05, 3.63) is 11.6 Å². The molecule has 14 heteroatoms. The predicted molar refractivity (Wildman–Crippen MR) is 207 cm³/mol. The lowest BCUT2D eigenvalue weighted by Gasteiger charge is -2.72. The van der Waals surface area contributed by atoms with Gasteiger partial charge < -0.3 is 59.4 Å². The van der Waals surface area contributed by atoms with Gasteiger partial charge in [-0.15, -0.1) is 0 Å². The van der Waals surface area contributed by atoms with E-state index in [0.29, 0.717) is 12.8 Å². The van der Waals surface area contributed by atoms with Gasteiger partial charge in [0.1, 0.15) is 30.5 Å². The minimum absolute atomic E-state index is 0.0127. The lowest BCUT2D eigenvalue weighted by molar-refractivity contribution is -0.315. The molecule has 0 bridgehead atoms. The van der Waals surface area contributed by atoms with Crippen molar-refractivity contribution in [2.45, 2.75) is 194 Å². The van der Waals surface area contributed by atoms with Gasteiger partial charge in [-0.1, -0.05) is 46.3 Å². The molecule has 7 aliphatic rings. The van der Waals surface area contributed by atoms with E-state index in [1.54, 1.807) is 13.8 Å². The highest BCUT2D eigenvalue weighted by atomic mass is 16.7. The van der Waals surface area contributed by atoms with Gasteiger partial charge in [-0.25, -0.2) is 0 Å². The Hall–Kier alpha value is -1.72. The number of hydrogen-bond acceptors (Lipinski definition) is 14. The Balaban J connectivity index is 1.13. The summed E-state index contributed by atoms with van der Waals surface area (Å²) in [6.45, 7) is 17.6. The lowest BCUT2D eigenvalue weighted by Crippen LogP contribution is -2.69. The minimum atomic E-state index is -1.57. The molecule has 58 heavy (non-hydrogen) atoms. The van der Waals surface area contributed by atoms with Crippen LogP contribution in [0.25, 0.3) is 0 Å². The Kier molecular flexibility index (Phi) is 11.5. The average Bonchev–Trinajstić information content (AvgIpc) is 3.15. The van der Waals surface area contributed by atoms with E-state index in [1.807, 2.05) is 13.8 Å². The van der Waals surface area contributed by atoms with Crippen LogP contribution >= 0.6 is 0 Å². The van der Waals surface area contributed by atoms with Crippen LogP contribution < -0.4 is 0 Å². The van der Waals surface area contributed by atoms with E-state index in [4.69, 9.17) is 23.7 Å². The van der Waals surface area contributed by atoms with Crippen LogP contribution in [0.15, 0.2) is 11.6 Å². The Bertz CT molecular complexity index is 1620. The molecule has 7 N–H and O–H groups in total. The number of carbonyl (C=O) groups excluding carboxylic acids is 2. The van der Waals surface area contributed by atoms with E-state index in [1.165, 1.54) is 12.5 Å². The van der Waals surface area contributed by atoms with E-state index in [2.05, 4.69) is 33.8 Å². The lowest BCUT2D eigenvalue weighted by atomic mass is 9.33. The molecule has 0 amide bonds. The largest absolute Gasteiger partial charge is 0.457 e. The Morgan fingerprint density at radius 3 is 2.05 bits per heavy atom. The van der Waals surface area contributed by atoms with Crippen molar-refractivity contribution in [1.29, 1.82) is 0 Å². The first-order chi connectivity index (χ1) is 26.9. The fraction of sp³-hybridized carbons (Fsp3) is 0.909. The quantitative estimate of drug-likeness (QED) is 0.151. The van der Waals surface area contributed by atoms with Crippen LogP contribution in [0.1, 0.15) is 120 Å². The molecule has 0 unspecified atom stereocenters. The fourth-order valence-electron chi connectivity index (χ4n) is 13.6. The van der Waals surface area contributed by atoms with Crippen LogP contribution in [0.2, 0.25) is 0 Å². The maximum absolute atomic E-state index is 14.0. The van der Waals surface area contributed by atoms with Crippen LogP contribution in [0, 0.1) is 50.2 Å². The zero-order chi connectivity index (χ0) is 42.7. The van der Waals surface area contributed by atoms with Gasteiger partial charge in [-0.05, 0) is 106 Å². The first-order valence-corrected chi connectivity index (χ1v) is 21.7. The van der Waals surface area contributed by atoms with Crippen LogP contribution in [0.3, 0.4) is 0 Å². The normalized spacial score (nSPS) is 55.4. The predicted octanol–water partition coefficient (Wildman–Crippen LogP) is 2.89. The number of fused-ring (bicyclic) bond motifs is 7. The smallest absolute Gasteiger partial charge is 0.314 e. The third-order valence-corrected chi connectivity index (χ3v) is 17.9. The molecule has 4 saturated carbocycles. The molecule has 6 fully saturated rings. The van der Waals surface area contributed by atoms with E-state index < -0.39 is 102 Å². The van der Waals surface area contributed by atoms with Gasteiger partial charge in [0.25, 0.3) is 0 Å². The standard InChI is InChI=1S/C44H70O14/c1-21-30(48)31(49)33(51)37(55-21)58-38(53)40(5)15-14-39(4)16-17-42(7)24(25(39)19-40)10-11-27-43(42,8)13-12-26-41(6,28(46)18-29(47)44(26,27)9)20-54-36-34(52)32(50)35(22(2)56-36)57-23(3)45/h10,21-22,25-37,46-52H,11-20H2,1-9H3/t21-,22-,25-,26-,27-,28-,29-,30-,31+,32-,33+,34+,35-,36+,37-,39+,40+,41-,42+,43+,44-/m0/s1. The van der Waals surface area contributed by atoms with Crippen molar-refractivity contribution in [3.8, 4) is 0 Å². The third kappa shape index (κ3) is 6.56. The number of aliphatic hydroxyl groups excluding tert-OH is 7. The zero-order valence-electron chi connectivity index (χ0n) is 35.8. The summed E-state index contributed by atoms with van der Waals surface area (Å²) in [5, 5.41) is 76.9. The van der Waals surface area contributed by atoms with Gasteiger partial charge >= 0.3 is 11.9 Å². The first kappa shape index (κ1) is 44.3. The van der Waals surface area contributed by atoms with Crippen molar-refractivity contribution in [2.75, 3.05) is 6.61 Å². The van der Waals surface area contributed by atoms with Crippen LogP contribution in [0.4, 0.5) is 0 Å². The summed E-state index contributed by atoms with van der Waals surface area (Å²) in [5.74, 6) is -1.11. The molecule has 0 spiro atoms. The highest BCUT2D eigenvalue weighted by Gasteiger charge is 2.71. The topological polar surface area (TPSA) is 222 Å². The first-order valence-electron chi connectivity index (χ1n) is 21.7. The molecule has 2 heterocycles. The van der Waals surface area contributed by atoms with Gasteiger partial charge in [0.15, 0.2) is 12.4 Å². The second-order valence-corrected chi connectivity index (χ2v) is 21.1.